The molecule has 1 atom stereocenters. The molecule has 0 aromatic heterocycles. The molecule has 1 saturated heterocycles. The third kappa shape index (κ3) is 2.44. The van der Waals surface area contributed by atoms with Gasteiger partial charge in [-0.2, -0.15) is 5.26 Å². The number of anilines is 2. The predicted molar refractivity (Wildman–Crippen MR) is 63.0 cm³/mol. The second-order valence-electron chi connectivity index (χ2n) is 3.97. The highest BCUT2D eigenvalue weighted by Gasteiger charge is 2.13. The Balaban J connectivity index is 2.06. The first-order valence-electron chi connectivity index (χ1n) is 5.43. The summed E-state index contributed by atoms with van der Waals surface area (Å²) in [5, 5.41) is 12.2. The second kappa shape index (κ2) is 4.86. The number of nitrogen functional groups attached to an aromatic ring is 1. The van der Waals surface area contributed by atoms with Crippen LogP contribution in [0.1, 0.15) is 18.4 Å². The zero-order valence-electron chi connectivity index (χ0n) is 9.07. The summed E-state index contributed by atoms with van der Waals surface area (Å²) in [7, 11) is 0. The first-order chi connectivity index (χ1) is 7.79. The van der Waals surface area contributed by atoms with Crippen molar-refractivity contribution in [2.45, 2.75) is 18.9 Å². The molecule has 0 saturated carbocycles. The van der Waals surface area contributed by atoms with Crippen molar-refractivity contribution in [3.63, 3.8) is 0 Å². The molecule has 0 spiro atoms. The summed E-state index contributed by atoms with van der Waals surface area (Å²) in [5.74, 6) is 0. The minimum atomic E-state index is 0.337. The number of rotatable bonds is 2. The molecule has 2 rings (SSSR count). The first kappa shape index (κ1) is 10.8. The topological polar surface area (TPSA) is 71.1 Å². The summed E-state index contributed by atoms with van der Waals surface area (Å²) in [6.07, 6.45) is 2.18. The van der Waals surface area contributed by atoms with Gasteiger partial charge in [0.1, 0.15) is 6.07 Å². The van der Waals surface area contributed by atoms with Gasteiger partial charge in [0.2, 0.25) is 0 Å². The zero-order chi connectivity index (χ0) is 11.4. The van der Waals surface area contributed by atoms with Gasteiger partial charge < -0.3 is 15.8 Å². The maximum Gasteiger partial charge on any atom is 0.101 e. The van der Waals surface area contributed by atoms with Gasteiger partial charge >= 0.3 is 0 Å². The summed E-state index contributed by atoms with van der Waals surface area (Å²) in [6, 6.07) is 7.84. The second-order valence-corrected chi connectivity index (χ2v) is 3.97. The SMILES string of the molecule is N#Cc1cc(NC2CCCOC2)ccc1N. The minimum absolute atomic E-state index is 0.337. The molecular weight excluding hydrogens is 202 g/mol. The quantitative estimate of drug-likeness (QED) is 0.740. The van der Waals surface area contributed by atoms with Gasteiger partial charge in [0.05, 0.1) is 12.2 Å². The number of hydrogen-bond acceptors (Lipinski definition) is 4. The van der Waals surface area contributed by atoms with Crippen LogP contribution in [0.5, 0.6) is 0 Å². The number of benzene rings is 1. The van der Waals surface area contributed by atoms with E-state index in [4.69, 9.17) is 15.7 Å². The summed E-state index contributed by atoms with van der Waals surface area (Å²) >= 11 is 0. The summed E-state index contributed by atoms with van der Waals surface area (Å²) < 4.78 is 5.38. The van der Waals surface area contributed by atoms with E-state index in [0.29, 0.717) is 17.3 Å². The third-order valence-corrected chi connectivity index (χ3v) is 2.70. The summed E-state index contributed by atoms with van der Waals surface area (Å²) in [4.78, 5) is 0. The van der Waals surface area contributed by atoms with Gasteiger partial charge in [0.25, 0.3) is 0 Å². The zero-order valence-corrected chi connectivity index (χ0v) is 9.07. The molecule has 1 aromatic carbocycles. The van der Waals surface area contributed by atoms with Crippen LogP contribution in [0.4, 0.5) is 11.4 Å². The normalized spacial score (nSPS) is 20.1. The average molecular weight is 217 g/mol. The molecule has 1 aliphatic heterocycles. The Labute approximate surface area is 95.0 Å². The Morgan fingerprint density at radius 2 is 2.38 bits per heavy atom. The van der Waals surface area contributed by atoms with E-state index in [9.17, 15) is 0 Å². The average Bonchev–Trinajstić information content (AvgIpc) is 2.33. The van der Waals surface area contributed by atoms with E-state index in [-0.39, 0.29) is 0 Å². The number of nitrogens with two attached hydrogens (primary N) is 1. The van der Waals surface area contributed by atoms with Gasteiger partial charge in [0, 0.05) is 24.0 Å². The van der Waals surface area contributed by atoms with Gasteiger partial charge in [-0.25, -0.2) is 0 Å². The van der Waals surface area contributed by atoms with Crippen LogP contribution < -0.4 is 11.1 Å². The molecule has 0 amide bonds. The van der Waals surface area contributed by atoms with E-state index in [1.807, 2.05) is 6.07 Å². The van der Waals surface area contributed by atoms with Gasteiger partial charge in [-0.3, -0.25) is 0 Å². The third-order valence-electron chi connectivity index (χ3n) is 2.70. The minimum Gasteiger partial charge on any atom is -0.398 e. The number of nitrogens with one attached hydrogen (secondary N) is 1. The van der Waals surface area contributed by atoms with Gasteiger partial charge in [-0.05, 0) is 31.0 Å². The van der Waals surface area contributed by atoms with Crippen LogP contribution in [0.2, 0.25) is 0 Å². The fourth-order valence-corrected chi connectivity index (χ4v) is 1.83. The van der Waals surface area contributed by atoms with E-state index >= 15 is 0 Å². The number of ether oxygens (including phenoxy) is 1. The maximum absolute atomic E-state index is 8.87. The Morgan fingerprint density at radius 3 is 3.06 bits per heavy atom. The predicted octanol–water partition coefficient (Wildman–Crippen LogP) is 1.73. The molecule has 0 aliphatic carbocycles. The molecule has 1 heterocycles. The Kier molecular flexibility index (Phi) is 3.28. The van der Waals surface area contributed by atoms with Crippen LogP contribution in [0.15, 0.2) is 18.2 Å². The van der Waals surface area contributed by atoms with E-state index in [1.54, 1.807) is 12.1 Å². The van der Waals surface area contributed by atoms with Crippen molar-refractivity contribution in [3.05, 3.63) is 23.8 Å². The lowest BCUT2D eigenvalue weighted by atomic mass is 10.1. The highest BCUT2D eigenvalue weighted by atomic mass is 16.5. The van der Waals surface area contributed by atoms with Gasteiger partial charge in [-0.1, -0.05) is 0 Å². The van der Waals surface area contributed by atoms with Crippen molar-refractivity contribution < 1.29 is 4.74 Å². The number of nitrogens with zero attached hydrogens (tertiary/aromatic N) is 1. The van der Waals surface area contributed by atoms with Crippen LogP contribution in [-0.2, 0) is 4.74 Å². The first-order valence-corrected chi connectivity index (χ1v) is 5.43. The highest BCUT2D eigenvalue weighted by Crippen LogP contribution is 2.19. The molecule has 0 bridgehead atoms. The van der Waals surface area contributed by atoms with Crippen molar-refractivity contribution >= 4 is 11.4 Å². The lowest BCUT2D eigenvalue weighted by Crippen LogP contribution is -2.29. The van der Waals surface area contributed by atoms with E-state index < -0.39 is 0 Å². The molecule has 4 nitrogen and oxygen atoms in total. The van der Waals surface area contributed by atoms with Crippen LogP contribution in [0.25, 0.3) is 0 Å². The fourth-order valence-electron chi connectivity index (χ4n) is 1.83. The largest absolute Gasteiger partial charge is 0.398 e. The molecule has 1 aliphatic rings. The monoisotopic (exact) mass is 217 g/mol. The van der Waals surface area contributed by atoms with Crippen molar-refractivity contribution in [1.82, 2.24) is 0 Å². The van der Waals surface area contributed by atoms with E-state index in [1.165, 1.54) is 0 Å². The maximum atomic E-state index is 8.87. The molecule has 3 N–H and O–H groups in total. The molecule has 1 fully saturated rings. The Hall–Kier alpha value is -1.73. The smallest absolute Gasteiger partial charge is 0.101 e. The summed E-state index contributed by atoms with van der Waals surface area (Å²) in [5.41, 5.74) is 7.63. The van der Waals surface area contributed by atoms with Crippen molar-refractivity contribution in [3.8, 4) is 6.07 Å². The highest BCUT2D eigenvalue weighted by molar-refractivity contribution is 5.62. The lowest BCUT2D eigenvalue weighted by molar-refractivity contribution is 0.0876. The standard InChI is InChI=1S/C12H15N3O/c13-7-9-6-10(3-4-12(9)14)15-11-2-1-5-16-8-11/h3-4,6,11,15H,1-2,5,8,14H2. The summed E-state index contributed by atoms with van der Waals surface area (Å²) in [6.45, 7) is 1.58. The van der Waals surface area contributed by atoms with Crippen LogP contribution in [0, 0.1) is 11.3 Å². The Morgan fingerprint density at radius 1 is 1.50 bits per heavy atom. The van der Waals surface area contributed by atoms with Crippen LogP contribution >= 0.6 is 0 Å². The lowest BCUT2D eigenvalue weighted by Gasteiger charge is -2.24. The number of nitriles is 1. The van der Waals surface area contributed by atoms with E-state index in [2.05, 4.69) is 11.4 Å². The van der Waals surface area contributed by atoms with Gasteiger partial charge in [0.15, 0.2) is 0 Å². The van der Waals surface area contributed by atoms with Crippen molar-refractivity contribution in [1.29, 1.82) is 5.26 Å². The molecule has 4 heteroatoms. The molecule has 1 aromatic rings. The van der Waals surface area contributed by atoms with Crippen LogP contribution in [-0.4, -0.2) is 19.3 Å². The van der Waals surface area contributed by atoms with E-state index in [0.717, 1.165) is 31.7 Å². The van der Waals surface area contributed by atoms with Crippen molar-refractivity contribution in [2.24, 2.45) is 0 Å². The molecule has 1 unspecified atom stereocenters. The number of hydrogen-bond donors (Lipinski definition) is 2. The van der Waals surface area contributed by atoms with Crippen LogP contribution in [0.3, 0.4) is 0 Å². The molecule has 0 radical (unpaired) electrons. The van der Waals surface area contributed by atoms with Gasteiger partial charge in [-0.15, -0.1) is 0 Å². The Bertz CT molecular complexity index is 405. The molecule has 16 heavy (non-hydrogen) atoms. The molecule has 84 valence electrons. The fraction of sp³-hybridized carbons (Fsp3) is 0.417. The van der Waals surface area contributed by atoms with Crippen molar-refractivity contribution in [2.75, 3.05) is 24.3 Å². The molecular formula is C12H15N3O.